The molecule has 2 saturated carbocycles. The van der Waals surface area contributed by atoms with Crippen molar-refractivity contribution >= 4 is 5.69 Å². The first-order valence-electron chi connectivity index (χ1n) is 7.81. The highest BCUT2D eigenvalue weighted by Crippen LogP contribution is 2.49. The number of anilines is 1. The first kappa shape index (κ1) is 13.7. The zero-order valence-electron chi connectivity index (χ0n) is 12.3. The second kappa shape index (κ2) is 5.63. The van der Waals surface area contributed by atoms with Gasteiger partial charge in [0, 0.05) is 12.1 Å². The molecule has 0 heterocycles. The molecular weight excluding hydrogens is 253 g/mol. The number of hydrogen-bond donors (Lipinski definition) is 1. The highest BCUT2D eigenvalue weighted by atomic mass is 19.1. The average Bonchev–Trinajstić information content (AvgIpc) is 2.92. The van der Waals surface area contributed by atoms with E-state index >= 15 is 0 Å². The predicted octanol–water partition coefficient (Wildman–Crippen LogP) is 4.75. The molecule has 1 aromatic rings. The molecule has 0 aliphatic heterocycles. The minimum atomic E-state index is -0.249. The predicted molar refractivity (Wildman–Crippen MR) is 79.7 cm³/mol. The maximum absolute atomic E-state index is 13.2. The van der Waals surface area contributed by atoms with Gasteiger partial charge in [-0.25, -0.2) is 4.39 Å². The summed E-state index contributed by atoms with van der Waals surface area (Å²) in [5, 5.41) is 3.54. The van der Waals surface area contributed by atoms with E-state index in [1.54, 1.807) is 13.2 Å². The van der Waals surface area contributed by atoms with E-state index in [-0.39, 0.29) is 5.82 Å². The summed E-state index contributed by atoms with van der Waals surface area (Å²) < 4.78 is 18.5. The summed E-state index contributed by atoms with van der Waals surface area (Å²) in [6, 6.07) is 5.23. The molecule has 1 aromatic carbocycles. The van der Waals surface area contributed by atoms with Gasteiger partial charge < -0.3 is 10.1 Å². The van der Waals surface area contributed by atoms with Gasteiger partial charge in [-0.1, -0.05) is 12.8 Å². The summed E-state index contributed by atoms with van der Waals surface area (Å²) in [5.74, 6) is 0.354. The number of benzene rings is 1. The van der Waals surface area contributed by atoms with Gasteiger partial charge in [-0.3, -0.25) is 0 Å². The maximum Gasteiger partial charge on any atom is 0.144 e. The van der Waals surface area contributed by atoms with E-state index in [9.17, 15) is 4.39 Å². The van der Waals surface area contributed by atoms with Crippen molar-refractivity contribution in [2.45, 2.75) is 57.4 Å². The molecule has 3 heteroatoms. The lowest BCUT2D eigenvalue weighted by Crippen LogP contribution is -2.31. The van der Waals surface area contributed by atoms with Crippen molar-refractivity contribution in [3.8, 4) is 5.75 Å². The average molecular weight is 277 g/mol. The van der Waals surface area contributed by atoms with Crippen LogP contribution in [0, 0.1) is 11.2 Å². The van der Waals surface area contributed by atoms with E-state index in [2.05, 4.69) is 5.32 Å². The number of hydrogen-bond acceptors (Lipinski definition) is 2. The fourth-order valence-corrected chi connectivity index (χ4v) is 4.00. The lowest BCUT2D eigenvalue weighted by molar-refractivity contribution is 0.188. The monoisotopic (exact) mass is 277 g/mol. The van der Waals surface area contributed by atoms with Crippen molar-refractivity contribution in [1.82, 2.24) is 0 Å². The molecular formula is C17H24FNO. The fourth-order valence-electron chi connectivity index (χ4n) is 4.00. The van der Waals surface area contributed by atoms with Crippen LogP contribution in [0.15, 0.2) is 18.2 Å². The smallest absolute Gasteiger partial charge is 0.144 e. The highest BCUT2D eigenvalue weighted by molar-refractivity contribution is 5.57. The van der Waals surface area contributed by atoms with E-state index < -0.39 is 0 Å². The van der Waals surface area contributed by atoms with E-state index in [1.807, 2.05) is 0 Å². The Kier molecular flexibility index (Phi) is 3.86. The van der Waals surface area contributed by atoms with Gasteiger partial charge in [0.1, 0.15) is 11.6 Å². The topological polar surface area (TPSA) is 21.3 Å². The van der Waals surface area contributed by atoms with Gasteiger partial charge in [-0.2, -0.15) is 0 Å². The van der Waals surface area contributed by atoms with Crippen LogP contribution in [-0.2, 0) is 0 Å². The third kappa shape index (κ3) is 2.77. The molecule has 20 heavy (non-hydrogen) atoms. The molecule has 110 valence electrons. The molecule has 2 aliphatic carbocycles. The zero-order chi connectivity index (χ0) is 14.0. The first-order chi connectivity index (χ1) is 9.71. The first-order valence-corrected chi connectivity index (χ1v) is 7.81. The molecule has 1 N–H and O–H groups in total. The Morgan fingerprint density at radius 3 is 2.50 bits per heavy atom. The highest BCUT2D eigenvalue weighted by Gasteiger charge is 2.37. The normalized spacial score (nSPS) is 22.1. The van der Waals surface area contributed by atoms with Crippen LogP contribution in [0.3, 0.4) is 0 Å². The quantitative estimate of drug-likeness (QED) is 0.861. The van der Waals surface area contributed by atoms with Crippen molar-refractivity contribution in [3.63, 3.8) is 0 Å². The van der Waals surface area contributed by atoms with Crippen LogP contribution >= 0.6 is 0 Å². The van der Waals surface area contributed by atoms with Crippen molar-refractivity contribution < 1.29 is 9.13 Å². The van der Waals surface area contributed by atoms with Crippen molar-refractivity contribution in [2.24, 2.45) is 5.41 Å². The van der Waals surface area contributed by atoms with E-state index in [1.165, 1.54) is 63.5 Å². The lowest BCUT2D eigenvalue weighted by Gasteiger charge is -2.38. The largest absolute Gasteiger partial charge is 0.494 e. The van der Waals surface area contributed by atoms with Gasteiger partial charge in [0.15, 0.2) is 0 Å². The van der Waals surface area contributed by atoms with Crippen LogP contribution in [0.4, 0.5) is 10.1 Å². The Balaban J connectivity index is 1.62. The molecule has 0 saturated heterocycles. The molecule has 0 amide bonds. The summed E-state index contributed by atoms with van der Waals surface area (Å²) >= 11 is 0. The Bertz CT molecular complexity index is 458. The Hall–Kier alpha value is -1.25. The molecule has 3 rings (SSSR count). The van der Waals surface area contributed by atoms with Crippen molar-refractivity contribution in [3.05, 3.63) is 24.0 Å². The van der Waals surface area contributed by atoms with Crippen molar-refractivity contribution in [1.29, 1.82) is 0 Å². The second-order valence-electron chi connectivity index (χ2n) is 6.47. The number of halogens is 1. The van der Waals surface area contributed by atoms with E-state index in [0.717, 1.165) is 5.69 Å². The minimum absolute atomic E-state index is 0.249. The zero-order valence-corrected chi connectivity index (χ0v) is 12.3. The van der Waals surface area contributed by atoms with Gasteiger partial charge in [0.25, 0.3) is 0 Å². The number of nitrogens with one attached hydrogen (secondary N) is 1. The lowest BCUT2D eigenvalue weighted by atomic mass is 9.71. The minimum Gasteiger partial charge on any atom is -0.494 e. The molecule has 2 aliphatic rings. The molecule has 0 unspecified atom stereocenters. The second-order valence-corrected chi connectivity index (χ2v) is 6.47. The number of ether oxygens (including phenoxy) is 1. The SMILES string of the molecule is COc1cc(F)ccc1NC1CCC2(CCCC2)CC1. The summed E-state index contributed by atoms with van der Waals surface area (Å²) in [5.41, 5.74) is 1.58. The van der Waals surface area contributed by atoms with E-state index in [4.69, 9.17) is 4.74 Å². The molecule has 0 bridgehead atoms. The third-order valence-electron chi connectivity index (χ3n) is 5.23. The summed E-state index contributed by atoms with van der Waals surface area (Å²) in [6.07, 6.45) is 10.8. The Morgan fingerprint density at radius 1 is 1.15 bits per heavy atom. The number of rotatable bonds is 3. The Morgan fingerprint density at radius 2 is 1.85 bits per heavy atom. The van der Waals surface area contributed by atoms with Gasteiger partial charge >= 0.3 is 0 Å². The third-order valence-corrected chi connectivity index (χ3v) is 5.23. The van der Waals surface area contributed by atoms with Crippen LogP contribution in [0.1, 0.15) is 51.4 Å². The molecule has 2 nitrogen and oxygen atoms in total. The summed E-state index contributed by atoms with van der Waals surface area (Å²) in [7, 11) is 1.59. The van der Waals surface area contributed by atoms with Crippen LogP contribution in [-0.4, -0.2) is 13.2 Å². The van der Waals surface area contributed by atoms with E-state index in [0.29, 0.717) is 17.2 Å². The van der Waals surface area contributed by atoms with Gasteiger partial charge in [-0.15, -0.1) is 0 Å². The van der Waals surface area contributed by atoms with Crippen molar-refractivity contribution in [2.75, 3.05) is 12.4 Å². The summed E-state index contributed by atoms with van der Waals surface area (Å²) in [4.78, 5) is 0. The van der Waals surface area contributed by atoms with Crippen LogP contribution < -0.4 is 10.1 Å². The van der Waals surface area contributed by atoms with Gasteiger partial charge in [0.2, 0.25) is 0 Å². The molecule has 2 fully saturated rings. The molecule has 0 aromatic heterocycles. The van der Waals surface area contributed by atoms with Crippen LogP contribution in [0.25, 0.3) is 0 Å². The molecule has 0 atom stereocenters. The fraction of sp³-hybridized carbons (Fsp3) is 0.647. The molecule has 0 radical (unpaired) electrons. The molecule has 1 spiro atoms. The van der Waals surface area contributed by atoms with Gasteiger partial charge in [0.05, 0.1) is 12.8 Å². The van der Waals surface area contributed by atoms with Crippen LogP contribution in [0.5, 0.6) is 5.75 Å². The standard InChI is InChI=1S/C17H24FNO/c1-20-16-12-13(18)4-5-15(16)19-14-6-10-17(11-7-14)8-2-3-9-17/h4-5,12,14,19H,2-3,6-11H2,1H3. The van der Waals surface area contributed by atoms with Gasteiger partial charge in [-0.05, 0) is 56.1 Å². The number of methoxy groups -OCH3 is 1. The summed E-state index contributed by atoms with van der Waals surface area (Å²) in [6.45, 7) is 0. The Labute approximate surface area is 120 Å². The van der Waals surface area contributed by atoms with Crippen LogP contribution in [0.2, 0.25) is 0 Å². The maximum atomic E-state index is 13.2.